The van der Waals surface area contributed by atoms with Crippen LogP contribution < -0.4 is 11.1 Å². The van der Waals surface area contributed by atoms with Crippen LogP contribution in [0.4, 0.5) is 0 Å². The summed E-state index contributed by atoms with van der Waals surface area (Å²) in [6, 6.07) is -0.917. The summed E-state index contributed by atoms with van der Waals surface area (Å²) in [5.74, 6) is -1.92. The van der Waals surface area contributed by atoms with Gasteiger partial charge in [0.1, 0.15) is 12.6 Å². The molecule has 0 aromatic rings. The highest BCUT2D eigenvalue weighted by atomic mass is 16.4. The van der Waals surface area contributed by atoms with Crippen molar-refractivity contribution >= 4 is 11.9 Å². The lowest BCUT2D eigenvalue weighted by Gasteiger charge is -1.92. The van der Waals surface area contributed by atoms with E-state index in [9.17, 15) is 9.59 Å². The molecule has 0 heterocycles. The third-order valence-electron chi connectivity index (χ3n) is 0.937. The molecule has 80 valence electrons. The second kappa shape index (κ2) is 9.27. The van der Waals surface area contributed by atoms with Crippen molar-refractivity contribution < 1.29 is 19.8 Å². The number of nitrogens with two attached hydrogens (primary N) is 1. The molecule has 0 fully saturated rings. The lowest BCUT2D eigenvalue weighted by molar-refractivity contribution is -0.137. The Morgan fingerprint density at radius 3 is 2.00 bits per heavy atom. The first-order valence-electron chi connectivity index (χ1n) is 3.62. The molecule has 0 spiro atoms. The Bertz CT molecular complexity index is 215. The largest absolute Gasteiger partial charge is 0.480 e. The molecule has 5 N–H and O–H groups in total. The Morgan fingerprint density at radius 1 is 1.43 bits per heavy atom. The zero-order chi connectivity index (χ0) is 11.6. The van der Waals surface area contributed by atoms with Crippen molar-refractivity contribution in [1.82, 2.24) is 5.32 Å². The Balaban J connectivity index is 0. The molecule has 0 aliphatic heterocycles. The van der Waals surface area contributed by atoms with Gasteiger partial charge in [0, 0.05) is 0 Å². The first kappa shape index (κ1) is 14.7. The molecule has 6 heteroatoms. The summed E-state index contributed by atoms with van der Waals surface area (Å²) < 4.78 is 0. The Morgan fingerprint density at radius 2 is 1.93 bits per heavy atom. The van der Waals surface area contributed by atoms with Crippen LogP contribution in [0.1, 0.15) is 0 Å². The maximum absolute atomic E-state index is 9.73. The molecular formula is C8H14N2O4. The first-order chi connectivity index (χ1) is 6.45. The average Bonchev–Trinajstić information content (AvgIpc) is 2.14. The number of hydrogen-bond acceptors (Lipinski definition) is 4. The van der Waals surface area contributed by atoms with Crippen LogP contribution in [0.5, 0.6) is 0 Å². The van der Waals surface area contributed by atoms with E-state index in [1.165, 1.54) is 12.3 Å². The molecule has 1 unspecified atom stereocenters. The van der Waals surface area contributed by atoms with Crippen molar-refractivity contribution in [3.63, 3.8) is 0 Å². The lowest BCUT2D eigenvalue weighted by atomic mass is 10.3. The molecule has 0 aromatic heterocycles. The van der Waals surface area contributed by atoms with Gasteiger partial charge in [-0.2, -0.15) is 0 Å². The van der Waals surface area contributed by atoms with E-state index >= 15 is 0 Å². The molecular weight excluding hydrogens is 188 g/mol. The standard InChI is InChI=1S/2C4H7NO2/c1-2-5-3-4(6)7;1-2-3(5)4(6)7/h2,5H,1,3H2,(H,6,7);2-3H,1,5H2,(H,6,7). The second-order valence-corrected chi connectivity index (χ2v) is 2.08. The van der Waals surface area contributed by atoms with Gasteiger partial charge < -0.3 is 21.3 Å². The van der Waals surface area contributed by atoms with Crippen LogP contribution in [0.2, 0.25) is 0 Å². The van der Waals surface area contributed by atoms with Gasteiger partial charge in [0.15, 0.2) is 0 Å². The summed E-state index contributed by atoms with van der Waals surface area (Å²) in [6.45, 7) is 6.38. The predicted octanol–water partition coefficient (Wildman–Crippen LogP) is -0.612. The predicted molar refractivity (Wildman–Crippen MR) is 51.6 cm³/mol. The molecule has 6 nitrogen and oxygen atoms in total. The molecule has 0 saturated carbocycles. The van der Waals surface area contributed by atoms with Gasteiger partial charge in [-0.15, -0.1) is 6.58 Å². The molecule has 14 heavy (non-hydrogen) atoms. The van der Waals surface area contributed by atoms with E-state index in [0.717, 1.165) is 0 Å². The molecule has 0 bridgehead atoms. The fourth-order valence-corrected chi connectivity index (χ4v) is 0.260. The van der Waals surface area contributed by atoms with Gasteiger partial charge in [0.2, 0.25) is 0 Å². The monoisotopic (exact) mass is 202 g/mol. The number of aliphatic carboxylic acids is 2. The van der Waals surface area contributed by atoms with E-state index in [4.69, 9.17) is 15.9 Å². The van der Waals surface area contributed by atoms with Crippen LogP contribution in [0.15, 0.2) is 25.4 Å². The molecule has 0 radical (unpaired) electrons. The highest BCUT2D eigenvalue weighted by Gasteiger charge is 2.02. The highest BCUT2D eigenvalue weighted by molar-refractivity contribution is 5.75. The summed E-state index contributed by atoms with van der Waals surface area (Å²) in [5, 5.41) is 18.3. The van der Waals surface area contributed by atoms with Gasteiger partial charge in [-0.1, -0.05) is 12.7 Å². The molecule has 0 aliphatic rings. The van der Waals surface area contributed by atoms with Crippen LogP contribution in [0, 0.1) is 0 Å². The van der Waals surface area contributed by atoms with Crippen LogP contribution in [-0.4, -0.2) is 34.7 Å². The van der Waals surface area contributed by atoms with E-state index < -0.39 is 18.0 Å². The van der Waals surface area contributed by atoms with Gasteiger partial charge >= 0.3 is 11.9 Å². The summed E-state index contributed by atoms with van der Waals surface area (Å²) in [7, 11) is 0. The van der Waals surface area contributed by atoms with Crippen LogP contribution in [-0.2, 0) is 9.59 Å². The molecule has 0 aliphatic carbocycles. The summed E-state index contributed by atoms with van der Waals surface area (Å²) in [6.07, 6.45) is 2.51. The number of carboxylic acid groups (broad SMARTS) is 2. The number of rotatable bonds is 5. The fourth-order valence-electron chi connectivity index (χ4n) is 0.260. The number of carboxylic acids is 2. The Hall–Kier alpha value is -1.82. The van der Waals surface area contributed by atoms with Gasteiger partial charge in [-0.05, 0) is 6.20 Å². The van der Waals surface area contributed by atoms with Gasteiger partial charge in [-0.25, -0.2) is 0 Å². The van der Waals surface area contributed by atoms with Crippen molar-refractivity contribution in [2.45, 2.75) is 6.04 Å². The third kappa shape index (κ3) is 12.8. The Kier molecular flexibility index (Phi) is 9.73. The lowest BCUT2D eigenvalue weighted by Crippen LogP contribution is -2.26. The van der Waals surface area contributed by atoms with E-state index in [-0.39, 0.29) is 6.54 Å². The van der Waals surface area contributed by atoms with E-state index in [2.05, 4.69) is 18.5 Å². The smallest absolute Gasteiger partial charge is 0.324 e. The van der Waals surface area contributed by atoms with E-state index in [1.54, 1.807) is 0 Å². The quantitative estimate of drug-likeness (QED) is 0.442. The van der Waals surface area contributed by atoms with Crippen LogP contribution in [0.25, 0.3) is 0 Å². The van der Waals surface area contributed by atoms with Crippen molar-refractivity contribution in [3.05, 3.63) is 25.4 Å². The second-order valence-electron chi connectivity index (χ2n) is 2.08. The van der Waals surface area contributed by atoms with Gasteiger partial charge in [0.05, 0.1) is 0 Å². The van der Waals surface area contributed by atoms with Crippen molar-refractivity contribution in [2.24, 2.45) is 5.73 Å². The SMILES string of the molecule is C=CC(N)C(=O)O.C=CNCC(=O)O. The number of carbonyl (C=O) groups is 2. The van der Waals surface area contributed by atoms with Gasteiger partial charge in [-0.3, -0.25) is 9.59 Å². The molecule has 0 saturated heterocycles. The number of nitrogens with one attached hydrogen (secondary N) is 1. The minimum absolute atomic E-state index is 0.0521. The molecule has 0 rings (SSSR count). The summed E-state index contributed by atoms with van der Waals surface area (Å²) in [4.78, 5) is 19.4. The molecule has 0 aromatic carbocycles. The fraction of sp³-hybridized carbons (Fsp3) is 0.250. The van der Waals surface area contributed by atoms with Crippen molar-refractivity contribution in [1.29, 1.82) is 0 Å². The van der Waals surface area contributed by atoms with Crippen LogP contribution in [0.3, 0.4) is 0 Å². The molecule has 0 amide bonds. The number of hydrogen-bond donors (Lipinski definition) is 4. The van der Waals surface area contributed by atoms with Gasteiger partial charge in [0.25, 0.3) is 0 Å². The maximum atomic E-state index is 9.73. The minimum Gasteiger partial charge on any atom is -0.480 e. The zero-order valence-corrected chi connectivity index (χ0v) is 7.64. The summed E-state index contributed by atoms with van der Waals surface area (Å²) in [5.41, 5.74) is 4.90. The van der Waals surface area contributed by atoms with Crippen molar-refractivity contribution in [2.75, 3.05) is 6.54 Å². The average molecular weight is 202 g/mol. The highest BCUT2D eigenvalue weighted by Crippen LogP contribution is 1.74. The van der Waals surface area contributed by atoms with E-state index in [1.807, 2.05) is 0 Å². The zero-order valence-electron chi connectivity index (χ0n) is 7.64. The third-order valence-corrected chi connectivity index (χ3v) is 0.937. The molecule has 1 atom stereocenters. The Labute approximate surface area is 81.7 Å². The normalized spacial score (nSPS) is 10.1. The first-order valence-corrected chi connectivity index (χ1v) is 3.62. The van der Waals surface area contributed by atoms with E-state index in [0.29, 0.717) is 0 Å². The topological polar surface area (TPSA) is 113 Å². The van der Waals surface area contributed by atoms with Crippen molar-refractivity contribution in [3.8, 4) is 0 Å². The maximum Gasteiger partial charge on any atom is 0.324 e. The summed E-state index contributed by atoms with van der Waals surface area (Å²) >= 11 is 0. The van der Waals surface area contributed by atoms with Crippen LogP contribution >= 0.6 is 0 Å². The minimum atomic E-state index is -1.05.